The number of pyridine rings is 2. The molecule has 4 heterocycles. The first-order valence-electron chi connectivity index (χ1n) is 14.4. The maximum Gasteiger partial charge on any atom is 0.253 e. The third-order valence-corrected chi connectivity index (χ3v) is 7.52. The third-order valence-electron chi connectivity index (χ3n) is 7.52. The number of aromatic nitrogens is 2. The van der Waals surface area contributed by atoms with Crippen molar-refractivity contribution in [3.63, 3.8) is 0 Å². The number of hydrogen-bond acceptors (Lipinski definition) is 6. The highest BCUT2D eigenvalue weighted by atomic mass is 16.7. The molecular weight excluding hydrogens is 502 g/mol. The second-order valence-corrected chi connectivity index (χ2v) is 11.0. The lowest BCUT2D eigenvalue weighted by Crippen LogP contribution is -2.33. The maximum atomic E-state index is 12.8. The number of unbranched alkanes of at least 4 members (excludes halogenated alkanes) is 2. The van der Waals surface area contributed by atoms with Crippen LogP contribution in [0.2, 0.25) is 0 Å². The van der Waals surface area contributed by atoms with Gasteiger partial charge in [-0.25, -0.2) is 0 Å². The minimum Gasteiger partial charge on any atom is -0.454 e. The van der Waals surface area contributed by atoms with E-state index in [1.807, 2.05) is 69.6 Å². The Morgan fingerprint density at radius 2 is 1.82 bits per heavy atom. The lowest BCUT2D eigenvalue weighted by Gasteiger charge is -2.32. The Morgan fingerprint density at radius 1 is 1.02 bits per heavy atom. The van der Waals surface area contributed by atoms with Gasteiger partial charge in [-0.2, -0.15) is 0 Å². The Kier molecular flexibility index (Phi) is 8.62. The van der Waals surface area contributed by atoms with E-state index < -0.39 is 5.60 Å². The molecular formula is C33H39N3O4. The van der Waals surface area contributed by atoms with Crippen LogP contribution in [0.3, 0.4) is 0 Å². The number of amides is 1. The quantitative estimate of drug-likeness (QED) is 0.192. The fraction of sp³-hybridized carbons (Fsp3) is 0.424. The molecule has 0 aliphatic carbocycles. The summed E-state index contributed by atoms with van der Waals surface area (Å²) in [7, 11) is 1.86. The molecule has 4 aromatic rings. The van der Waals surface area contributed by atoms with E-state index >= 15 is 0 Å². The first kappa shape index (κ1) is 28.0. The van der Waals surface area contributed by atoms with Crippen molar-refractivity contribution in [2.45, 2.75) is 71.2 Å². The first-order chi connectivity index (χ1) is 19.4. The van der Waals surface area contributed by atoms with E-state index in [2.05, 4.69) is 23.0 Å². The molecule has 1 aliphatic rings. The molecule has 0 spiro atoms. The minimum atomic E-state index is -0.609. The topological polar surface area (TPSA) is 77.7 Å². The smallest absolute Gasteiger partial charge is 0.253 e. The van der Waals surface area contributed by atoms with Crippen LogP contribution in [0, 0.1) is 0 Å². The lowest BCUT2D eigenvalue weighted by molar-refractivity contribution is -0.220. The zero-order chi connectivity index (χ0) is 28.1. The van der Waals surface area contributed by atoms with Gasteiger partial charge in [-0.05, 0) is 75.4 Å². The van der Waals surface area contributed by atoms with Gasteiger partial charge in [-0.1, -0.05) is 31.9 Å². The molecule has 1 atom stereocenters. The number of furan rings is 1. The van der Waals surface area contributed by atoms with Crippen LogP contribution in [0.15, 0.2) is 65.3 Å². The van der Waals surface area contributed by atoms with Gasteiger partial charge in [0.15, 0.2) is 11.9 Å². The summed E-state index contributed by atoms with van der Waals surface area (Å²) in [6, 6.07) is 15.5. The number of benzene rings is 1. The average Bonchev–Trinajstić information content (AvgIpc) is 3.42. The Hall–Kier alpha value is -3.55. The monoisotopic (exact) mass is 541 g/mol. The molecule has 1 aliphatic heterocycles. The maximum absolute atomic E-state index is 12.8. The summed E-state index contributed by atoms with van der Waals surface area (Å²) < 4.78 is 18.5. The molecule has 0 bridgehead atoms. The van der Waals surface area contributed by atoms with Crippen molar-refractivity contribution in [1.82, 2.24) is 14.9 Å². The summed E-state index contributed by atoms with van der Waals surface area (Å²) in [6.07, 6.45) is 9.76. The van der Waals surface area contributed by atoms with Crippen molar-refractivity contribution in [3.8, 4) is 22.5 Å². The summed E-state index contributed by atoms with van der Waals surface area (Å²) in [6.45, 7) is 7.72. The molecule has 0 N–H and O–H groups in total. The number of ether oxygens (including phenoxy) is 2. The number of carbonyl (C=O) groups is 1. The zero-order valence-corrected chi connectivity index (χ0v) is 24.0. The molecule has 1 fully saturated rings. The predicted molar refractivity (Wildman–Crippen MR) is 157 cm³/mol. The standard InChI is InChI=1S/C33H39N3O4/c1-5-6-8-19-36(4)32(37)24-13-11-23(12-14-24)28-22-27-31(39-28)26(16-18-34-27)25-15-17-35-29(21-25)33(2,3)40-30-10-7-9-20-38-30/h11-18,21-22,30H,5-10,19-20H2,1-4H3. The summed E-state index contributed by atoms with van der Waals surface area (Å²) in [4.78, 5) is 23.8. The van der Waals surface area contributed by atoms with Crippen LogP contribution in [0.1, 0.15) is 75.3 Å². The molecule has 1 amide bonds. The molecule has 210 valence electrons. The highest BCUT2D eigenvalue weighted by Crippen LogP contribution is 2.36. The van der Waals surface area contributed by atoms with E-state index in [0.717, 1.165) is 79.6 Å². The van der Waals surface area contributed by atoms with Crippen molar-refractivity contribution < 1.29 is 18.7 Å². The summed E-state index contributed by atoms with van der Waals surface area (Å²) in [5.74, 6) is 0.740. The molecule has 0 saturated carbocycles. The molecule has 7 heteroatoms. The van der Waals surface area contributed by atoms with Gasteiger partial charge < -0.3 is 18.8 Å². The molecule has 7 nitrogen and oxygen atoms in total. The van der Waals surface area contributed by atoms with Crippen molar-refractivity contribution in [2.24, 2.45) is 0 Å². The van der Waals surface area contributed by atoms with Crippen LogP contribution in [-0.4, -0.2) is 47.3 Å². The van der Waals surface area contributed by atoms with Crippen molar-refractivity contribution >= 4 is 17.0 Å². The fourth-order valence-corrected chi connectivity index (χ4v) is 5.13. The number of carbonyl (C=O) groups excluding carboxylic acids is 1. The van der Waals surface area contributed by atoms with Crippen molar-refractivity contribution in [2.75, 3.05) is 20.2 Å². The van der Waals surface area contributed by atoms with Crippen LogP contribution < -0.4 is 0 Å². The Morgan fingerprint density at radius 3 is 2.58 bits per heavy atom. The second kappa shape index (κ2) is 12.3. The van der Waals surface area contributed by atoms with E-state index in [1.54, 1.807) is 11.1 Å². The predicted octanol–water partition coefficient (Wildman–Crippen LogP) is 7.60. The van der Waals surface area contributed by atoms with Gasteiger partial charge in [0.1, 0.15) is 16.9 Å². The minimum absolute atomic E-state index is 0.0339. The third kappa shape index (κ3) is 6.26. The summed E-state index contributed by atoms with van der Waals surface area (Å²) in [5, 5.41) is 0. The van der Waals surface area contributed by atoms with E-state index in [9.17, 15) is 4.79 Å². The van der Waals surface area contributed by atoms with Gasteiger partial charge in [0, 0.05) is 55.3 Å². The molecule has 3 aromatic heterocycles. The van der Waals surface area contributed by atoms with Gasteiger partial charge >= 0.3 is 0 Å². The van der Waals surface area contributed by atoms with Crippen molar-refractivity contribution in [3.05, 3.63) is 72.2 Å². The van der Waals surface area contributed by atoms with Gasteiger partial charge in [-0.15, -0.1) is 0 Å². The highest BCUT2D eigenvalue weighted by molar-refractivity contribution is 5.95. The Bertz CT molecular complexity index is 1440. The number of nitrogens with zero attached hydrogens (tertiary/aromatic N) is 3. The molecule has 1 saturated heterocycles. The van der Waals surface area contributed by atoms with Gasteiger partial charge in [0.05, 0.1) is 5.69 Å². The second-order valence-electron chi connectivity index (χ2n) is 11.0. The number of hydrogen-bond donors (Lipinski definition) is 0. The zero-order valence-electron chi connectivity index (χ0n) is 24.0. The summed E-state index contributed by atoms with van der Waals surface area (Å²) in [5.41, 5.74) is 5.18. The largest absolute Gasteiger partial charge is 0.454 e. The molecule has 1 aromatic carbocycles. The first-order valence-corrected chi connectivity index (χ1v) is 14.4. The van der Waals surface area contributed by atoms with Crippen molar-refractivity contribution in [1.29, 1.82) is 0 Å². The van der Waals surface area contributed by atoms with Gasteiger partial charge in [-0.3, -0.25) is 14.8 Å². The lowest BCUT2D eigenvalue weighted by atomic mass is 9.99. The van der Waals surface area contributed by atoms with E-state index in [-0.39, 0.29) is 12.2 Å². The van der Waals surface area contributed by atoms with Crippen LogP contribution in [-0.2, 0) is 15.1 Å². The van der Waals surface area contributed by atoms with Crippen LogP contribution in [0.4, 0.5) is 0 Å². The molecule has 40 heavy (non-hydrogen) atoms. The molecule has 0 radical (unpaired) electrons. The van der Waals surface area contributed by atoms with Crippen LogP contribution >= 0.6 is 0 Å². The SMILES string of the molecule is CCCCCN(C)C(=O)c1ccc(-c2cc3nccc(-c4ccnc(C(C)(C)OC5CCCCO5)c4)c3o2)cc1. The van der Waals surface area contributed by atoms with Crippen LogP contribution in [0.5, 0.6) is 0 Å². The van der Waals surface area contributed by atoms with E-state index in [1.165, 1.54) is 0 Å². The van der Waals surface area contributed by atoms with Gasteiger partial charge in [0.2, 0.25) is 0 Å². The fourth-order valence-electron chi connectivity index (χ4n) is 5.13. The average molecular weight is 542 g/mol. The van der Waals surface area contributed by atoms with E-state index in [4.69, 9.17) is 13.9 Å². The highest BCUT2D eigenvalue weighted by Gasteiger charge is 2.29. The number of rotatable bonds is 10. The molecule has 5 rings (SSSR count). The Balaban J connectivity index is 1.37. The van der Waals surface area contributed by atoms with Crippen LogP contribution in [0.25, 0.3) is 33.6 Å². The van der Waals surface area contributed by atoms with Gasteiger partial charge in [0.25, 0.3) is 5.91 Å². The molecule has 1 unspecified atom stereocenters. The van der Waals surface area contributed by atoms with E-state index in [0.29, 0.717) is 16.9 Å². The normalized spacial score (nSPS) is 15.8. The number of fused-ring (bicyclic) bond motifs is 1. The summed E-state index contributed by atoms with van der Waals surface area (Å²) >= 11 is 0. The Labute approximate surface area is 236 Å².